The molecule has 2 rings (SSSR count). The molecule has 1 heterocycles. The summed E-state index contributed by atoms with van der Waals surface area (Å²) >= 11 is 8.56. The lowest BCUT2D eigenvalue weighted by Gasteiger charge is -2.05. The SMILES string of the molecule is Sc1ncnc(S)c1-c1ccccc1. The standard InChI is InChI=1S/C10H8N2S2/c13-9-8(10(14)12-6-11-9)7-4-2-1-3-5-7/h1-6H,(H2,11,12,13,14). The number of benzene rings is 1. The molecule has 0 aliphatic heterocycles. The van der Waals surface area contributed by atoms with Crippen molar-refractivity contribution >= 4 is 25.3 Å². The van der Waals surface area contributed by atoms with Gasteiger partial charge in [-0.3, -0.25) is 0 Å². The molecule has 2 nitrogen and oxygen atoms in total. The highest BCUT2D eigenvalue weighted by Gasteiger charge is 2.07. The molecule has 0 saturated carbocycles. The van der Waals surface area contributed by atoms with Gasteiger partial charge in [-0.15, -0.1) is 25.3 Å². The summed E-state index contributed by atoms with van der Waals surface area (Å²) in [5, 5.41) is 1.30. The van der Waals surface area contributed by atoms with E-state index in [4.69, 9.17) is 0 Å². The highest BCUT2D eigenvalue weighted by atomic mass is 32.1. The van der Waals surface area contributed by atoms with Gasteiger partial charge in [-0.1, -0.05) is 30.3 Å². The molecular weight excluding hydrogens is 212 g/mol. The summed E-state index contributed by atoms with van der Waals surface area (Å²) in [7, 11) is 0. The van der Waals surface area contributed by atoms with Crippen molar-refractivity contribution in [2.24, 2.45) is 0 Å². The van der Waals surface area contributed by atoms with Crippen molar-refractivity contribution in [1.29, 1.82) is 0 Å². The van der Waals surface area contributed by atoms with E-state index >= 15 is 0 Å². The molecule has 70 valence electrons. The van der Waals surface area contributed by atoms with Gasteiger partial charge in [-0.05, 0) is 5.56 Å². The molecule has 2 aromatic rings. The maximum atomic E-state index is 4.28. The molecule has 0 radical (unpaired) electrons. The number of rotatable bonds is 1. The van der Waals surface area contributed by atoms with Crippen LogP contribution in [0, 0.1) is 0 Å². The van der Waals surface area contributed by atoms with E-state index in [1.807, 2.05) is 30.3 Å². The van der Waals surface area contributed by atoms with Crippen LogP contribution in [0.2, 0.25) is 0 Å². The Kier molecular flexibility index (Phi) is 2.74. The zero-order chi connectivity index (χ0) is 9.97. The highest BCUT2D eigenvalue weighted by molar-refractivity contribution is 7.81. The molecular formula is C10H8N2S2. The predicted octanol–water partition coefficient (Wildman–Crippen LogP) is 2.72. The van der Waals surface area contributed by atoms with Crippen molar-refractivity contribution in [3.63, 3.8) is 0 Å². The quantitative estimate of drug-likeness (QED) is 0.571. The molecule has 0 fully saturated rings. The molecule has 14 heavy (non-hydrogen) atoms. The third kappa shape index (κ3) is 1.76. The second-order valence-corrected chi connectivity index (χ2v) is 3.61. The van der Waals surface area contributed by atoms with Crippen LogP contribution in [0.25, 0.3) is 11.1 Å². The van der Waals surface area contributed by atoms with Crippen LogP contribution in [-0.2, 0) is 0 Å². The molecule has 0 N–H and O–H groups in total. The van der Waals surface area contributed by atoms with E-state index < -0.39 is 0 Å². The molecule has 4 heteroatoms. The fourth-order valence-electron chi connectivity index (χ4n) is 1.23. The van der Waals surface area contributed by atoms with E-state index in [0.29, 0.717) is 10.1 Å². The van der Waals surface area contributed by atoms with Crippen LogP contribution >= 0.6 is 25.3 Å². The third-order valence-electron chi connectivity index (χ3n) is 1.87. The normalized spacial score (nSPS) is 10.1. The molecule has 0 aliphatic rings. The number of thiol groups is 2. The van der Waals surface area contributed by atoms with Gasteiger partial charge in [0.05, 0.1) is 0 Å². The lowest BCUT2D eigenvalue weighted by Crippen LogP contribution is -1.89. The molecule has 0 amide bonds. The van der Waals surface area contributed by atoms with Gasteiger partial charge >= 0.3 is 0 Å². The van der Waals surface area contributed by atoms with E-state index in [-0.39, 0.29) is 0 Å². The summed E-state index contributed by atoms with van der Waals surface area (Å²) in [5.74, 6) is 0. The van der Waals surface area contributed by atoms with Crippen molar-refractivity contribution in [2.45, 2.75) is 10.1 Å². The molecule has 0 atom stereocenters. The Labute approximate surface area is 93.2 Å². The predicted molar refractivity (Wildman–Crippen MR) is 62.0 cm³/mol. The van der Waals surface area contributed by atoms with Crippen molar-refractivity contribution in [2.75, 3.05) is 0 Å². The zero-order valence-corrected chi connectivity index (χ0v) is 9.04. The largest absolute Gasteiger partial charge is 0.230 e. The van der Waals surface area contributed by atoms with Gasteiger partial charge < -0.3 is 0 Å². The Bertz CT molecular complexity index is 423. The summed E-state index contributed by atoms with van der Waals surface area (Å²) in [4.78, 5) is 8.04. The van der Waals surface area contributed by atoms with Crippen LogP contribution in [0.15, 0.2) is 46.7 Å². The van der Waals surface area contributed by atoms with E-state index in [2.05, 4.69) is 35.2 Å². The van der Waals surface area contributed by atoms with Gasteiger partial charge in [0.25, 0.3) is 0 Å². The van der Waals surface area contributed by atoms with Crippen molar-refractivity contribution in [3.05, 3.63) is 36.7 Å². The smallest absolute Gasteiger partial charge is 0.118 e. The summed E-state index contributed by atoms with van der Waals surface area (Å²) in [5.41, 5.74) is 1.91. The minimum Gasteiger partial charge on any atom is -0.230 e. The lowest BCUT2D eigenvalue weighted by atomic mass is 10.1. The van der Waals surface area contributed by atoms with Crippen LogP contribution in [0.1, 0.15) is 0 Å². The van der Waals surface area contributed by atoms with Crippen LogP contribution < -0.4 is 0 Å². The Morgan fingerprint density at radius 1 is 0.857 bits per heavy atom. The Balaban J connectivity index is 2.63. The van der Waals surface area contributed by atoms with Gasteiger partial charge in [0, 0.05) is 5.56 Å². The average molecular weight is 220 g/mol. The molecule has 0 spiro atoms. The number of hydrogen-bond acceptors (Lipinski definition) is 4. The van der Waals surface area contributed by atoms with Crippen molar-refractivity contribution in [3.8, 4) is 11.1 Å². The minimum absolute atomic E-state index is 0.649. The Morgan fingerprint density at radius 3 is 2.00 bits per heavy atom. The highest BCUT2D eigenvalue weighted by Crippen LogP contribution is 2.28. The summed E-state index contributed by atoms with van der Waals surface area (Å²) in [6.07, 6.45) is 1.46. The topological polar surface area (TPSA) is 25.8 Å². The summed E-state index contributed by atoms with van der Waals surface area (Å²) in [6, 6.07) is 9.85. The first-order chi connectivity index (χ1) is 6.79. The Morgan fingerprint density at radius 2 is 1.43 bits per heavy atom. The average Bonchev–Trinajstić information content (AvgIpc) is 2.19. The minimum atomic E-state index is 0.649. The zero-order valence-electron chi connectivity index (χ0n) is 7.25. The van der Waals surface area contributed by atoms with Gasteiger partial charge in [0.2, 0.25) is 0 Å². The second kappa shape index (κ2) is 4.02. The van der Waals surface area contributed by atoms with Crippen molar-refractivity contribution in [1.82, 2.24) is 9.97 Å². The van der Waals surface area contributed by atoms with E-state index in [0.717, 1.165) is 11.1 Å². The molecule has 1 aromatic heterocycles. The van der Waals surface area contributed by atoms with E-state index in [1.165, 1.54) is 6.33 Å². The van der Waals surface area contributed by atoms with E-state index in [9.17, 15) is 0 Å². The van der Waals surface area contributed by atoms with Gasteiger partial charge in [-0.25, -0.2) is 9.97 Å². The summed E-state index contributed by atoms with van der Waals surface area (Å²) in [6.45, 7) is 0. The molecule has 0 unspecified atom stereocenters. The van der Waals surface area contributed by atoms with Gasteiger partial charge in [0.1, 0.15) is 16.4 Å². The van der Waals surface area contributed by atoms with E-state index in [1.54, 1.807) is 0 Å². The number of hydrogen-bond donors (Lipinski definition) is 2. The fourth-order valence-corrected chi connectivity index (χ4v) is 1.89. The number of nitrogens with zero attached hydrogens (tertiary/aromatic N) is 2. The second-order valence-electron chi connectivity index (χ2n) is 2.76. The molecule has 0 bridgehead atoms. The molecule has 1 aromatic carbocycles. The first-order valence-electron chi connectivity index (χ1n) is 4.07. The van der Waals surface area contributed by atoms with Crippen LogP contribution in [0.4, 0.5) is 0 Å². The first-order valence-corrected chi connectivity index (χ1v) is 4.97. The van der Waals surface area contributed by atoms with Crippen LogP contribution in [-0.4, -0.2) is 9.97 Å². The molecule has 0 aliphatic carbocycles. The number of aromatic nitrogens is 2. The lowest BCUT2D eigenvalue weighted by molar-refractivity contribution is 0.979. The monoisotopic (exact) mass is 220 g/mol. The Hall–Kier alpha value is -1.00. The summed E-state index contributed by atoms with van der Waals surface area (Å²) < 4.78 is 0. The third-order valence-corrected chi connectivity index (χ3v) is 2.55. The van der Waals surface area contributed by atoms with Gasteiger partial charge in [-0.2, -0.15) is 0 Å². The van der Waals surface area contributed by atoms with Crippen LogP contribution in [0.5, 0.6) is 0 Å². The van der Waals surface area contributed by atoms with Crippen molar-refractivity contribution < 1.29 is 0 Å². The maximum absolute atomic E-state index is 4.28. The van der Waals surface area contributed by atoms with Crippen LogP contribution in [0.3, 0.4) is 0 Å². The fraction of sp³-hybridized carbons (Fsp3) is 0. The van der Waals surface area contributed by atoms with Gasteiger partial charge in [0.15, 0.2) is 0 Å². The first kappa shape index (κ1) is 9.55. The maximum Gasteiger partial charge on any atom is 0.118 e. The molecule has 0 saturated heterocycles.